The molecule has 1 aliphatic heterocycles. The summed E-state index contributed by atoms with van der Waals surface area (Å²) < 4.78 is 108. The van der Waals surface area contributed by atoms with E-state index in [2.05, 4.69) is 14.7 Å². The molecule has 0 amide bonds. The van der Waals surface area contributed by atoms with Crippen LogP contribution < -0.4 is 4.74 Å². The molecule has 28 heavy (non-hydrogen) atoms. The van der Waals surface area contributed by atoms with Gasteiger partial charge in [-0.3, -0.25) is 0 Å². The summed E-state index contributed by atoms with van der Waals surface area (Å²) in [6.07, 6.45) is -5.53. The lowest BCUT2D eigenvalue weighted by Gasteiger charge is -2.18. The second kappa shape index (κ2) is 6.92. The van der Waals surface area contributed by atoms with Gasteiger partial charge in [0.05, 0.1) is 6.54 Å². The molecule has 1 aromatic heterocycles. The van der Waals surface area contributed by atoms with E-state index in [9.17, 15) is 34.8 Å². The maximum Gasteiger partial charge on any atom is 0.511 e. The number of aromatic nitrogens is 2. The number of ether oxygens (including phenoxy) is 1. The SMILES string of the molecule is O=S(=O)(N1CC[C@H](Oc2ccc(-c3noc(C(F)(F)F)n3)cc2)C1)C(F)(F)F. The Labute approximate surface area is 153 Å². The minimum atomic E-state index is -5.42. The second-order valence-electron chi connectivity index (χ2n) is 5.78. The van der Waals surface area contributed by atoms with Crippen molar-refractivity contribution < 1.29 is 44.0 Å². The van der Waals surface area contributed by atoms with Crippen LogP contribution in [0.1, 0.15) is 12.3 Å². The van der Waals surface area contributed by atoms with Gasteiger partial charge in [0.2, 0.25) is 5.82 Å². The van der Waals surface area contributed by atoms with Gasteiger partial charge < -0.3 is 9.26 Å². The van der Waals surface area contributed by atoms with E-state index in [0.29, 0.717) is 4.31 Å². The number of sulfonamides is 1. The lowest BCUT2D eigenvalue weighted by molar-refractivity contribution is -0.159. The minimum absolute atomic E-state index is 0.0524. The Hall–Kier alpha value is -2.35. The molecule has 0 radical (unpaired) electrons. The molecule has 0 saturated carbocycles. The van der Waals surface area contributed by atoms with E-state index in [1.807, 2.05) is 0 Å². The van der Waals surface area contributed by atoms with Crippen molar-refractivity contribution in [3.8, 4) is 17.1 Å². The van der Waals surface area contributed by atoms with E-state index >= 15 is 0 Å². The van der Waals surface area contributed by atoms with Crippen LogP contribution in [0.4, 0.5) is 26.3 Å². The molecule has 0 N–H and O–H groups in total. The van der Waals surface area contributed by atoms with E-state index in [1.54, 1.807) is 0 Å². The summed E-state index contributed by atoms with van der Waals surface area (Å²) in [5.74, 6) is -1.61. The van der Waals surface area contributed by atoms with E-state index in [4.69, 9.17) is 4.74 Å². The normalized spacial score (nSPS) is 19.1. The van der Waals surface area contributed by atoms with E-state index in [0.717, 1.165) is 0 Å². The van der Waals surface area contributed by atoms with Gasteiger partial charge in [0, 0.05) is 12.1 Å². The minimum Gasteiger partial charge on any atom is -0.489 e. The highest BCUT2D eigenvalue weighted by Gasteiger charge is 2.51. The van der Waals surface area contributed by atoms with Gasteiger partial charge in [0.15, 0.2) is 0 Å². The van der Waals surface area contributed by atoms with Gasteiger partial charge in [-0.1, -0.05) is 5.16 Å². The number of hydrogen-bond donors (Lipinski definition) is 0. The van der Waals surface area contributed by atoms with E-state index in [-0.39, 0.29) is 30.1 Å². The Morgan fingerprint density at radius 3 is 2.29 bits per heavy atom. The molecule has 0 aliphatic carbocycles. The number of halogens is 6. The standard InChI is InChI=1S/C14H11F6N3O4S/c15-13(16,17)12-21-11(22-27-12)8-1-3-9(4-2-8)26-10-5-6-23(7-10)28(24,25)14(18,19)20/h1-4,10H,5-7H2/t10-/m0/s1. The maximum atomic E-state index is 12.6. The van der Waals surface area contributed by atoms with Crippen LogP contribution in [-0.2, 0) is 16.2 Å². The second-order valence-corrected chi connectivity index (χ2v) is 7.71. The molecule has 0 bridgehead atoms. The summed E-state index contributed by atoms with van der Waals surface area (Å²) >= 11 is 0. The average Bonchev–Trinajstić information content (AvgIpc) is 3.23. The Bertz CT molecular complexity index is 939. The molecule has 2 heterocycles. The molecule has 1 atom stereocenters. The monoisotopic (exact) mass is 431 g/mol. The maximum absolute atomic E-state index is 12.6. The van der Waals surface area contributed by atoms with Gasteiger partial charge in [-0.25, -0.2) is 8.42 Å². The summed E-state index contributed by atoms with van der Waals surface area (Å²) in [6, 6.07) is 5.36. The van der Waals surface area contributed by atoms with Gasteiger partial charge in [-0.05, 0) is 30.7 Å². The summed E-state index contributed by atoms with van der Waals surface area (Å²) in [7, 11) is -5.42. The molecule has 1 aliphatic rings. The van der Waals surface area contributed by atoms with Gasteiger partial charge >= 0.3 is 27.6 Å². The highest BCUT2D eigenvalue weighted by Crippen LogP contribution is 2.32. The quantitative estimate of drug-likeness (QED) is 0.692. The molecule has 154 valence electrons. The third kappa shape index (κ3) is 4.06. The molecule has 1 saturated heterocycles. The molecule has 7 nitrogen and oxygen atoms in total. The zero-order valence-corrected chi connectivity index (χ0v) is 14.5. The van der Waals surface area contributed by atoms with Crippen molar-refractivity contribution in [2.75, 3.05) is 13.1 Å². The van der Waals surface area contributed by atoms with Crippen molar-refractivity contribution in [3.05, 3.63) is 30.2 Å². The summed E-state index contributed by atoms with van der Waals surface area (Å²) in [6.45, 7) is -0.808. The van der Waals surface area contributed by atoms with Crippen molar-refractivity contribution in [1.82, 2.24) is 14.4 Å². The first-order chi connectivity index (χ1) is 12.9. The lowest BCUT2D eigenvalue weighted by Crippen LogP contribution is -2.40. The zero-order valence-electron chi connectivity index (χ0n) is 13.7. The Morgan fingerprint density at radius 2 is 1.75 bits per heavy atom. The molecule has 2 aromatic rings. The Kier molecular flexibility index (Phi) is 5.04. The molecule has 14 heteroatoms. The van der Waals surface area contributed by atoms with Crippen LogP contribution in [0.25, 0.3) is 11.4 Å². The fraction of sp³-hybridized carbons (Fsp3) is 0.429. The van der Waals surface area contributed by atoms with Crippen molar-refractivity contribution in [1.29, 1.82) is 0 Å². The number of alkyl halides is 6. The third-order valence-electron chi connectivity index (χ3n) is 3.82. The summed E-state index contributed by atoms with van der Waals surface area (Å²) in [5, 5.41) is 3.22. The van der Waals surface area contributed by atoms with E-state index < -0.39 is 40.2 Å². The molecule has 1 aromatic carbocycles. The molecule has 0 spiro atoms. The fourth-order valence-electron chi connectivity index (χ4n) is 2.49. The van der Waals surface area contributed by atoms with Crippen LogP contribution in [0.5, 0.6) is 5.75 Å². The van der Waals surface area contributed by atoms with Crippen molar-refractivity contribution in [3.63, 3.8) is 0 Å². The van der Waals surface area contributed by atoms with Crippen LogP contribution in [0, 0.1) is 0 Å². The van der Waals surface area contributed by atoms with Gasteiger partial charge in [0.25, 0.3) is 0 Å². The van der Waals surface area contributed by atoms with Crippen LogP contribution in [0.15, 0.2) is 28.8 Å². The lowest BCUT2D eigenvalue weighted by atomic mass is 10.2. The van der Waals surface area contributed by atoms with Crippen LogP contribution >= 0.6 is 0 Å². The van der Waals surface area contributed by atoms with Gasteiger partial charge in [-0.2, -0.15) is 35.6 Å². The molecule has 0 unspecified atom stereocenters. The highest BCUT2D eigenvalue weighted by atomic mass is 32.2. The average molecular weight is 431 g/mol. The fourth-order valence-corrected chi connectivity index (χ4v) is 3.49. The zero-order chi connectivity index (χ0) is 20.7. The van der Waals surface area contributed by atoms with Gasteiger partial charge in [-0.15, -0.1) is 0 Å². The number of benzene rings is 1. The van der Waals surface area contributed by atoms with Crippen LogP contribution in [-0.4, -0.2) is 47.6 Å². The van der Waals surface area contributed by atoms with E-state index in [1.165, 1.54) is 24.3 Å². The molecule has 3 rings (SSSR count). The topological polar surface area (TPSA) is 85.5 Å². The Balaban J connectivity index is 1.65. The molecular formula is C14H11F6N3O4S. The molecule has 1 fully saturated rings. The highest BCUT2D eigenvalue weighted by molar-refractivity contribution is 7.90. The first-order valence-electron chi connectivity index (χ1n) is 7.62. The smallest absolute Gasteiger partial charge is 0.489 e. The Morgan fingerprint density at radius 1 is 1.11 bits per heavy atom. The molecular weight excluding hydrogens is 420 g/mol. The summed E-state index contributed by atoms with van der Waals surface area (Å²) in [5.41, 5.74) is -5.19. The number of nitrogens with zero attached hydrogens (tertiary/aromatic N) is 3. The van der Waals surface area contributed by atoms with Crippen LogP contribution in [0.2, 0.25) is 0 Å². The third-order valence-corrected chi connectivity index (χ3v) is 5.42. The van der Waals surface area contributed by atoms with Gasteiger partial charge in [0.1, 0.15) is 11.9 Å². The first kappa shape index (κ1) is 20.4. The first-order valence-corrected chi connectivity index (χ1v) is 9.06. The largest absolute Gasteiger partial charge is 0.511 e. The van der Waals surface area contributed by atoms with Crippen molar-refractivity contribution in [2.45, 2.75) is 24.2 Å². The van der Waals surface area contributed by atoms with Crippen molar-refractivity contribution in [2.24, 2.45) is 0 Å². The summed E-state index contributed by atoms with van der Waals surface area (Å²) in [4.78, 5) is 3.22. The number of rotatable bonds is 4. The predicted molar refractivity (Wildman–Crippen MR) is 80.3 cm³/mol. The van der Waals surface area contributed by atoms with Crippen LogP contribution in [0.3, 0.4) is 0 Å². The number of hydrogen-bond acceptors (Lipinski definition) is 6. The predicted octanol–water partition coefficient (Wildman–Crippen LogP) is 3.06. The van der Waals surface area contributed by atoms with Crippen molar-refractivity contribution >= 4 is 10.0 Å².